The van der Waals surface area contributed by atoms with Crippen molar-refractivity contribution in [1.29, 1.82) is 0 Å². The number of hydrogen-bond donors (Lipinski definition) is 1. The second-order valence-electron chi connectivity index (χ2n) is 3.88. The second-order valence-corrected chi connectivity index (χ2v) is 3.88. The standard InChI is InChI=1S/C12H16O2/c1-14-10-5-2-4-9(8-10)11-6-3-7-12(11)13/h2,4-5,8,11-13H,3,6-7H2,1H3. The van der Waals surface area contributed by atoms with E-state index in [4.69, 9.17) is 4.74 Å². The van der Waals surface area contributed by atoms with Gasteiger partial charge in [0.05, 0.1) is 13.2 Å². The van der Waals surface area contributed by atoms with E-state index in [0.29, 0.717) is 5.92 Å². The summed E-state index contributed by atoms with van der Waals surface area (Å²) in [7, 11) is 1.67. The van der Waals surface area contributed by atoms with Gasteiger partial charge in [0.25, 0.3) is 0 Å². The maximum absolute atomic E-state index is 9.77. The highest BCUT2D eigenvalue weighted by Crippen LogP contribution is 2.35. The molecule has 1 N–H and O–H groups in total. The lowest BCUT2D eigenvalue weighted by Gasteiger charge is -2.15. The van der Waals surface area contributed by atoms with Crippen LogP contribution in [0.15, 0.2) is 24.3 Å². The molecular weight excluding hydrogens is 176 g/mol. The van der Waals surface area contributed by atoms with Crippen molar-refractivity contribution in [2.24, 2.45) is 0 Å². The summed E-state index contributed by atoms with van der Waals surface area (Å²) in [4.78, 5) is 0. The number of methoxy groups -OCH3 is 1. The molecule has 2 atom stereocenters. The molecule has 2 unspecified atom stereocenters. The Morgan fingerprint density at radius 3 is 2.86 bits per heavy atom. The first kappa shape index (κ1) is 9.53. The Balaban J connectivity index is 2.22. The average molecular weight is 192 g/mol. The Bertz CT molecular complexity index is 309. The van der Waals surface area contributed by atoms with Gasteiger partial charge >= 0.3 is 0 Å². The van der Waals surface area contributed by atoms with Crippen LogP contribution in [0.25, 0.3) is 0 Å². The summed E-state index contributed by atoms with van der Waals surface area (Å²) in [6.07, 6.45) is 2.99. The number of aliphatic hydroxyl groups is 1. The summed E-state index contributed by atoms with van der Waals surface area (Å²) in [6.45, 7) is 0. The summed E-state index contributed by atoms with van der Waals surface area (Å²) in [5, 5.41) is 9.77. The van der Waals surface area contributed by atoms with E-state index >= 15 is 0 Å². The maximum atomic E-state index is 9.77. The van der Waals surface area contributed by atoms with E-state index in [1.807, 2.05) is 18.2 Å². The molecule has 1 saturated carbocycles. The Morgan fingerprint density at radius 2 is 2.21 bits per heavy atom. The predicted octanol–water partition coefficient (Wildman–Crippen LogP) is 2.32. The number of benzene rings is 1. The zero-order valence-electron chi connectivity index (χ0n) is 8.44. The lowest BCUT2D eigenvalue weighted by molar-refractivity contribution is 0.163. The number of rotatable bonds is 2. The third kappa shape index (κ3) is 1.75. The molecule has 1 aromatic carbocycles. The summed E-state index contributed by atoms with van der Waals surface area (Å²) in [5.41, 5.74) is 1.20. The van der Waals surface area contributed by atoms with Crippen LogP contribution in [-0.2, 0) is 0 Å². The average Bonchev–Trinajstić information content (AvgIpc) is 2.65. The molecule has 0 saturated heterocycles. The first-order chi connectivity index (χ1) is 6.81. The molecule has 0 amide bonds. The van der Waals surface area contributed by atoms with Crippen molar-refractivity contribution in [2.75, 3.05) is 7.11 Å². The van der Waals surface area contributed by atoms with E-state index in [1.54, 1.807) is 7.11 Å². The SMILES string of the molecule is COc1cccc(C2CCCC2O)c1. The van der Waals surface area contributed by atoms with Crippen molar-refractivity contribution >= 4 is 0 Å². The van der Waals surface area contributed by atoms with Gasteiger partial charge in [0.2, 0.25) is 0 Å². The molecule has 1 aliphatic rings. The van der Waals surface area contributed by atoms with E-state index in [-0.39, 0.29) is 6.10 Å². The summed E-state index contributed by atoms with van der Waals surface area (Å²) >= 11 is 0. The molecule has 0 heterocycles. The van der Waals surface area contributed by atoms with Crippen molar-refractivity contribution in [1.82, 2.24) is 0 Å². The van der Waals surface area contributed by atoms with Gasteiger partial charge in [-0.2, -0.15) is 0 Å². The van der Waals surface area contributed by atoms with Gasteiger partial charge in [0.1, 0.15) is 5.75 Å². The van der Waals surface area contributed by atoms with E-state index in [2.05, 4.69) is 6.07 Å². The largest absolute Gasteiger partial charge is 0.497 e. The zero-order chi connectivity index (χ0) is 9.97. The van der Waals surface area contributed by atoms with Crippen molar-refractivity contribution < 1.29 is 9.84 Å². The third-order valence-corrected chi connectivity index (χ3v) is 3.00. The van der Waals surface area contributed by atoms with E-state index in [9.17, 15) is 5.11 Å². The molecule has 1 aliphatic carbocycles. The molecule has 0 spiro atoms. The van der Waals surface area contributed by atoms with Crippen LogP contribution >= 0.6 is 0 Å². The molecule has 1 aromatic rings. The fourth-order valence-corrected chi connectivity index (χ4v) is 2.20. The van der Waals surface area contributed by atoms with Crippen LogP contribution in [0, 0.1) is 0 Å². The Morgan fingerprint density at radius 1 is 1.36 bits per heavy atom. The topological polar surface area (TPSA) is 29.5 Å². The Labute approximate surface area is 84.5 Å². The predicted molar refractivity (Wildman–Crippen MR) is 55.6 cm³/mol. The van der Waals surface area contributed by atoms with Crippen LogP contribution in [0.3, 0.4) is 0 Å². The molecule has 0 bridgehead atoms. The van der Waals surface area contributed by atoms with E-state index < -0.39 is 0 Å². The van der Waals surface area contributed by atoms with Gasteiger partial charge in [-0.1, -0.05) is 18.6 Å². The molecule has 76 valence electrons. The molecule has 2 nitrogen and oxygen atoms in total. The molecule has 1 fully saturated rings. The summed E-state index contributed by atoms with van der Waals surface area (Å²) in [5.74, 6) is 1.19. The normalized spacial score (nSPS) is 26.4. The Kier molecular flexibility index (Phi) is 2.73. The molecule has 0 aromatic heterocycles. The molecule has 2 rings (SSSR count). The van der Waals surface area contributed by atoms with Crippen LogP contribution in [0.1, 0.15) is 30.7 Å². The molecule has 2 heteroatoms. The summed E-state index contributed by atoms with van der Waals surface area (Å²) < 4.78 is 5.17. The van der Waals surface area contributed by atoms with Gasteiger partial charge in [-0.3, -0.25) is 0 Å². The highest BCUT2D eigenvalue weighted by Gasteiger charge is 2.26. The van der Waals surface area contributed by atoms with Crippen molar-refractivity contribution in [3.63, 3.8) is 0 Å². The molecule has 0 radical (unpaired) electrons. The lowest BCUT2D eigenvalue weighted by Crippen LogP contribution is -2.10. The fraction of sp³-hybridized carbons (Fsp3) is 0.500. The smallest absolute Gasteiger partial charge is 0.119 e. The fourth-order valence-electron chi connectivity index (χ4n) is 2.20. The monoisotopic (exact) mass is 192 g/mol. The first-order valence-electron chi connectivity index (χ1n) is 5.13. The second kappa shape index (κ2) is 4.01. The third-order valence-electron chi connectivity index (χ3n) is 3.00. The molecule has 0 aliphatic heterocycles. The van der Waals surface area contributed by atoms with E-state index in [0.717, 1.165) is 25.0 Å². The number of aliphatic hydroxyl groups excluding tert-OH is 1. The summed E-state index contributed by atoms with van der Waals surface area (Å²) in [6, 6.07) is 8.02. The van der Waals surface area contributed by atoms with Crippen LogP contribution < -0.4 is 4.74 Å². The van der Waals surface area contributed by atoms with Gasteiger partial charge in [-0.05, 0) is 30.5 Å². The van der Waals surface area contributed by atoms with Crippen LogP contribution in [0.2, 0.25) is 0 Å². The maximum Gasteiger partial charge on any atom is 0.119 e. The minimum absolute atomic E-state index is 0.165. The van der Waals surface area contributed by atoms with Crippen LogP contribution in [0.4, 0.5) is 0 Å². The van der Waals surface area contributed by atoms with Gasteiger partial charge in [-0.25, -0.2) is 0 Å². The van der Waals surface area contributed by atoms with E-state index in [1.165, 1.54) is 5.56 Å². The van der Waals surface area contributed by atoms with Crippen LogP contribution in [-0.4, -0.2) is 18.3 Å². The highest BCUT2D eigenvalue weighted by atomic mass is 16.5. The minimum atomic E-state index is -0.165. The van der Waals surface area contributed by atoms with Gasteiger partial charge in [-0.15, -0.1) is 0 Å². The Hall–Kier alpha value is -1.02. The van der Waals surface area contributed by atoms with Crippen LogP contribution in [0.5, 0.6) is 5.75 Å². The van der Waals surface area contributed by atoms with Gasteiger partial charge in [0.15, 0.2) is 0 Å². The number of ether oxygens (including phenoxy) is 1. The quantitative estimate of drug-likeness (QED) is 0.779. The number of hydrogen-bond acceptors (Lipinski definition) is 2. The zero-order valence-corrected chi connectivity index (χ0v) is 8.44. The molecular formula is C12H16O2. The van der Waals surface area contributed by atoms with Gasteiger partial charge in [0, 0.05) is 5.92 Å². The van der Waals surface area contributed by atoms with Gasteiger partial charge < -0.3 is 9.84 Å². The van der Waals surface area contributed by atoms with Crippen molar-refractivity contribution in [3.05, 3.63) is 29.8 Å². The molecule has 14 heavy (non-hydrogen) atoms. The van der Waals surface area contributed by atoms with Crippen molar-refractivity contribution in [3.8, 4) is 5.75 Å². The first-order valence-corrected chi connectivity index (χ1v) is 5.13. The lowest BCUT2D eigenvalue weighted by atomic mass is 9.96. The minimum Gasteiger partial charge on any atom is -0.497 e. The highest BCUT2D eigenvalue weighted by molar-refractivity contribution is 5.31. The van der Waals surface area contributed by atoms with Crippen molar-refractivity contribution in [2.45, 2.75) is 31.3 Å².